The molecule has 2 rings (SSSR count). The van der Waals surface area contributed by atoms with E-state index >= 15 is 0 Å². The zero-order valence-corrected chi connectivity index (χ0v) is 12.7. The SMILES string of the molecule is CCNC(c1ccnn1CC)C1CCCC(CC)C1. The fraction of sp³-hybridized carbons (Fsp3) is 0.812. The van der Waals surface area contributed by atoms with Crippen molar-refractivity contribution in [2.75, 3.05) is 6.54 Å². The van der Waals surface area contributed by atoms with Gasteiger partial charge >= 0.3 is 0 Å². The van der Waals surface area contributed by atoms with Crippen LogP contribution in [0.3, 0.4) is 0 Å². The van der Waals surface area contributed by atoms with Crippen LogP contribution in [0.4, 0.5) is 0 Å². The number of aryl methyl sites for hydroxylation is 1. The van der Waals surface area contributed by atoms with Gasteiger partial charge in [-0.05, 0) is 44.2 Å². The smallest absolute Gasteiger partial charge is 0.0556 e. The van der Waals surface area contributed by atoms with Crippen molar-refractivity contribution in [1.82, 2.24) is 15.1 Å². The summed E-state index contributed by atoms with van der Waals surface area (Å²) in [7, 11) is 0. The zero-order chi connectivity index (χ0) is 13.7. The molecular weight excluding hydrogens is 234 g/mol. The predicted octanol–water partition coefficient (Wildman–Crippen LogP) is 3.77. The van der Waals surface area contributed by atoms with E-state index in [2.05, 4.69) is 41.9 Å². The Bertz CT molecular complexity index is 372. The lowest BCUT2D eigenvalue weighted by atomic mass is 9.76. The van der Waals surface area contributed by atoms with Gasteiger partial charge in [-0.15, -0.1) is 0 Å². The van der Waals surface area contributed by atoms with Gasteiger partial charge in [0.25, 0.3) is 0 Å². The molecule has 1 aliphatic rings. The summed E-state index contributed by atoms with van der Waals surface area (Å²) in [6.07, 6.45) is 8.85. The Balaban J connectivity index is 2.15. The Morgan fingerprint density at radius 1 is 1.37 bits per heavy atom. The minimum atomic E-state index is 0.488. The van der Waals surface area contributed by atoms with Gasteiger partial charge in [-0.3, -0.25) is 4.68 Å². The molecule has 1 aromatic rings. The van der Waals surface area contributed by atoms with E-state index in [1.165, 1.54) is 37.8 Å². The highest BCUT2D eigenvalue weighted by Crippen LogP contribution is 2.38. The molecule has 1 aliphatic carbocycles. The highest BCUT2D eigenvalue weighted by molar-refractivity contribution is 5.09. The van der Waals surface area contributed by atoms with Gasteiger partial charge in [0.15, 0.2) is 0 Å². The summed E-state index contributed by atoms with van der Waals surface area (Å²) in [5, 5.41) is 8.16. The Morgan fingerprint density at radius 3 is 2.89 bits per heavy atom. The molecule has 1 N–H and O–H groups in total. The van der Waals surface area contributed by atoms with E-state index < -0.39 is 0 Å². The lowest BCUT2D eigenvalue weighted by Gasteiger charge is -2.35. The second kappa shape index (κ2) is 7.09. The first-order valence-corrected chi connectivity index (χ1v) is 8.05. The summed E-state index contributed by atoms with van der Waals surface area (Å²) in [6, 6.07) is 2.69. The van der Waals surface area contributed by atoms with Gasteiger partial charge in [0, 0.05) is 12.7 Å². The quantitative estimate of drug-likeness (QED) is 0.846. The number of rotatable bonds is 6. The van der Waals surface area contributed by atoms with Crippen LogP contribution in [0.1, 0.15) is 64.6 Å². The first kappa shape index (κ1) is 14.6. The highest BCUT2D eigenvalue weighted by Gasteiger charge is 2.29. The van der Waals surface area contributed by atoms with Crippen molar-refractivity contribution in [2.45, 2.75) is 65.5 Å². The minimum Gasteiger partial charge on any atom is -0.309 e. The van der Waals surface area contributed by atoms with E-state index in [9.17, 15) is 0 Å². The van der Waals surface area contributed by atoms with Crippen molar-refractivity contribution in [1.29, 1.82) is 0 Å². The molecule has 0 radical (unpaired) electrons. The number of hydrogen-bond donors (Lipinski definition) is 1. The zero-order valence-electron chi connectivity index (χ0n) is 12.7. The van der Waals surface area contributed by atoms with Gasteiger partial charge in [-0.1, -0.05) is 33.1 Å². The topological polar surface area (TPSA) is 29.9 Å². The van der Waals surface area contributed by atoms with Crippen molar-refractivity contribution in [2.24, 2.45) is 11.8 Å². The minimum absolute atomic E-state index is 0.488. The Labute approximate surface area is 117 Å². The maximum absolute atomic E-state index is 4.45. The van der Waals surface area contributed by atoms with Crippen LogP contribution >= 0.6 is 0 Å². The standard InChI is InChI=1S/C16H29N3/c1-4-13-8-7-9-14(12-13)16(17-5-2)15-10-11-18-19(15)6-3/h10-11,13-14,16-17H,4-9,12H2,1-3H3. The van der Waals surface area contributed by atoms with Crippen LogP contribution in [0.2, 0.25) is 0 Å². The molecule has 1 heterocycles. The second-order valence-electron chi connectivity index (χ2n) is 5.81. The van der Waals surface area contributed by atoms with Crippen LogP contribution < -0.4 is 5.32 Å². The average Bonchev–Trinajstić information content (AvgIpc) is 2.93. The second-order valence-corrected chi connectivity index (χ2v) is 5.81. The predicted molar refractivity (Wildman–Crippen MR) is 80.1 cm³/mol. The number of hydrogen-bond acceptors (Lipinski definition) is 2. The first-order chi connectivity index (χ1) is 9.30. The normalized spacial score (nSPS) is 25.4. The molecule has 0 saturated heterocycles. The molecule has 1 aromatic heterocycles. The Kier molecular flexibility index (Phi) is 5.44. The van der Waals surface area contributed by atoms with Crippen LogP contribution in [0.15, 0.2) is 12.3 Å². The van der Waals surface area contributed by atoms with Crippen LogP contribution in [0, 0.1) is 11.8 Å². The molecule has 3 atom stereocenters. The molecule has 0 amide bonds. The van der Waals surface area contributed by atoms with Crippen molar-refractivity contribution in [3.63, 3.8) is 0 Å². The van der Waals surface area contributed by atoms with Gasteiger partial charge in [0.1, 0.15) is 0 Å². The molecule has 1 fully saturated rings. The van der Waals surface area contributed by atoms with Gasteiger partial charge < -0.3 is 5.32 Å². The molecule has 19 heavy (non-hydrogen) atoms. The molecular formula is C16H29N3. The third-order valence-electron chi connectivity index (χ3n) is 4.66. The van der Waals surface area contributed by atoms with Gasteiger partial charge in [-0.25, -0.2) is 0 Å². The molecule has 3 unspecified atom stereocenters. The first-order valence-electron chi connectivity index (χ1n) is 8.05. The Hall–Kier alpha value is -0.830. The summed E-state index contributed by atoms with van der Waals surface area (Å²) in [5.74, 6) is 1.71. The number of nitrogens with zero attached hydrogens (tertiary/aromatic N) is 2. The summed E-state index contributed by atoms with van der Waals surface area (Å²) >= 11 is 0. The average molecular weight is 263 g/mol. The third kappa shape index (κ3) is 3.38. The summed E-state index contributed by atoms with van der Waals surface area (Å²) in [4.78, 5) is 0. The van der Waals surface area contributed by atoms with E-state index in [1.807, 2.05) is 6.20 Å². The fourth-order valence-corrected chi connectivity index (χ4v) is 3.61. The molecule has 0 bridgehead atoms. The molecule has 3 nitrogen and oxygen atoms in total. The van der Waals surface area contributed by atoms with Gasteiger partial charge in [0.2, 0.25) is 0 Å². The summed E-state index contributed by atoms with van der Waals surface area (Å²) in [6.45, 7) is 8.72. The highest BCUT2D eigenvalue weighted by atomic mass is 15.3. The van der Waals surface area contributed by atoms with E-state index in [4.69, 9.17) is 0 Å². The fourth-order valence-electron chi connectivity index (χ4n) is 3.61. The van der Waals surface area contributed by atoms with E-state index in [0.29, 0.717) is 6.04 Å². The maximum atomic E-state index is 4.45. The molecule has 3 heteroatoms. The Morgan fingerprint density at radius 2 is 2.21 bits per heavy atom. The number of nitrogens with one attached hydrogen (secondary N) is 1. The van der Waals surface area contributed by atoms with E-state index in [1.54, 1.807) is 0 Å². The van der Waals surface area contributed by atoms with Gasteiger partial charge in [0.05, 0.1) is 11.7 Å². The van der Waals surface area contributed by atoms with E-state index in [-0.39, 0.29) is 0 Å². The lowest BCUT2D eigenvalue weighted by molar-refractivity contribution is 0.205. The largest absolute Gasteiger partial charge is 0.309 e. The van der Waals surface area contributed by atoms with Crippen molar-refractivity contribution < 1.29 is 0 Å². The molecule has 0 spiro atoms. The monoisotopic (exact) mass is 263 g/mol. The van der Waals surface area contributed by atoms with Gasteiger partial charge in [-0.2, -0.15) is 5.10 Å². The third-order valence-corrected chi connectivity index (χ3v) is 4.66. The van der Waals surface area contributed by atoms with Crippen molar-refractivity contribution in [3.8, 4) is 0 Å². The van der Waals surface area contributed by atoms with E-state index in [0.717, 1.165) is 24.9 Å². The lowest BCUT2D eigenvalue weighted by Crippen LogP contribution is -2.33. The van der Waals surface area contributed by atoms with Crippen LogP contribution in [-0.4, -0.2) is 16.3 Å². The van der Waals surface area contributed by atoms with Crippen molar-refractivity contribution >= 4 is 0 Å². The molecule has 0 aromatic carbocycles. The van der Waals surface area contributed by atoms with Crippen LogP contribution in [0.25, 0.3) is 0 Å². The molecule has 0 aliphatic heterocycles. The van der Waals surface area contributed by atoms with Crippen LogP contribution in [-0.2, 0) is 6.54 Å². The maximum Gasteiger partial charge on any atom is 0.0556 e. The molecule has 1 saturated carbocycles. The molecule has 108 valence electrons. The van der Waals surface area contributed by atoms with Crippen molar-refractivity contribution in [3.05, 3.63) is 18.0 Å². The number of aromatic nitrogens is 2. The van der Waals surface area contributed by atoms with Crippen LogP contribution in [0.5, 0.6) is 0 Å². The summed E-state index contributed by atoms with van der Waals surface area (Å²) < 4.78 is 2.16. The summed E-state index contributed by atoms with van der Waals surface area (Å²) in [5.41, 5.74) is 1.38.